The zero-order valence-electron chi connectivity index (χ0n) is 5.33. The van der Waals surface area contributed by atoms with Crippen LogP contribution >= 0.6 is 0 Å². The number of hydrogen-bond donors (Lipinski definition) is 0. The molecule has 0 heterocycles. The number of rotatable bonds is 2. The van der Waals surface area contributed by atoms with E-state index in [0.717, 1.165) is 0 Å². The second kappa shape index (κ2) is 4.79. The first-order valence-corrected chi connectivity index (χ1v) is 2.55. The Morgan fingerprint density at radius 2 is 2.44 bits per heavy atom. The van der Waals surface area contributed by atoms with Gasteiger partial charge in [0.1, 0.15) is 11.8 Å². The first kappa shape index (κ1) is 7.64. The van der Waals surface area contributed by atoms with Gasteiger partial charge in [-0.1, -0.05) is 12.7 Å². The Hall–Kier alpha value is -1.36. The van der Waals surface area contributed by atoms with Crippen molar-refractivity contribution in [3.63, 3.8) is 0 Å². The molecule has 0 aliphatic heterocycles. The molecule has 0 saturated carbocycles. The predicted octanol–water partition coefficient (Wildman–Crippen LogP) is 1.67. The largest absolute Gasteiger partial charge is 0.246 e. The Balaban J connectivity index is 3.75. The van der Waals surface area contributed by atoms with Gasteiger partial charge in [-0.2, -0.15) is 5.26 Å². The highest BCUT2D eigenvalue weighted by atomic mass is 14.7. The van der Waals surface area contributed by atoms with E-state index in [1.165, 1.54) is 6.21 Å². The van der Waals surface area contributed by atoms with E-state index in [0.29, 0.717) is 0 Å². The van der Waals surface area contributed by atoms with Crippen molar-refractivity contribution in [2.24, 2.45) is 4.99 Å². The molecule has 46 valence electrons. The smallest absolute Gasteiger partial charge is 0.133 e. The molecule has 0 aliphatic carbocycles. The molecule has 0 aromatic rings. The summed E-state index contributed by atoms with van der Waals surface area (Å²) < 4.78 is 0. The van der Waals surface area contributed by atoms with Gasteiger partial charge >= 0.3 is 0 Å². The molecule has 0 N–H and O–H groups in total. The van der Waals surface area contributed by atoms with Gasteiger partial charge in [-0.25, -0.2) is 4.99 Å². The number of allylic oxidation sites excluding steroid dienone is 3. The summed E-state index contributed by atoms with van der Waals surface area (Å²) in [5.74, 6) is 0. The van der Waals surface area contributed by atoms with Crippen molar-refractivity contribution in [1.82, 2.24) is 0 Å². The second-order valence-corrected chi connectivity index (χ2v) is 1.36. The fourth-order valence-corrected chi connectivity index (χ4v) is 0.248. The lowest BCUT2D eigenvalue weighted by molar-refractivity contribution is 1.41. The summed E-state index contributed by atoms with van der Waals surface area (Å²) in [6, 6.07) is 1.80. The summed E-state index contributed by atoms with van der Waals surface area (Å²) in [5.41, 5.74) is 0.230. The van der Waals surface area contributed by atoms with Crippen molar-refractivity contribution in [3.8, 4) is 6.07 Å². The predicted molar refractivity (Wildman–Crippen MR) is 38.1 cm³/mol. The number of nitrogens with zero attached hydrogens (tertiary/aromatic N) is 2. The SMILES string of the molecule is C=C(C#N)N=C/C=C\C. The average Bonchev–Trinajstić information content (AvgIpc) is 1.89. The van der Waals surface area contributed by atoms with Crippen LogP contribution in [-0.2, 0) is 0 Å². The van der Waals surface area contributed by atoms with E-state index in [1.54, 1.807) is 12.1 Å². The molecule has 0 amide bonds. The molecule has 2 nitrogen and oxygen atoms in total. The van der Waals surface area contributed by atoms with Crippen molar-refractivity contribution >= 4 is 6.21 Å². The Labute approximate surface area is 54.8 Å². The minimum atomic E-state index is 0.230. The maximum absolute atomic E-state index is 8.15. The highest BCUT2D eigenvalue weighted by Gasteiger charge is 1.76. The zero-order valence-corrected chi connectivity index (χ0v) is 5.33. The molecule has 0 unspecified atom stereocenters. The Kier molecular flexibility index (Phi) is 4.07. The van der Waals surface area contributed by atoms with Crippen LogP contribution in [0.5, 0.6) is 0 Å². The Morgan fingerprint density at radius 1 is 1.78 bits per heavy atom. The van der Waals surface area contributed by atoms with Gasteiger partial charge in [0, 0.05) is 6.21 Å². The van der Waals surface area contributed by atoms with Crippen LogP contribution in [-0.4, -0.2) is 6.21 Å². The van der Waals surface area contributed by atoms with Crippen molar-refractivity contribution in [3.05, 3.63) is 24.4 Å². The molecule has 0 aliphatic rings. The minimum Gasteiger partial charge on any atom is -0.246 e. The summed E-state index contributed by atoms with van der Waals surface area (Å²) in [6.07, 6.45) is 5.10. The fraction of sp³-hybridized carbons (Fsp3) is 0.143. The van der Waals surface area contributed by atoms with E-state index in [2.05, 4.69) is 11.6 Å². The number of hydrogen-bond acceptors (Lipinski definition) is 2. The molecular formula is C7H8N2. The van der Waals surface area contributed by atoms with Gasteiger partial charge in [0.25, 0.3) is 0 Å². The van der Waals surface area contributed by atoms with Crippen LogP contribution in [0.2, 0.25) is 0 Å². The molecule has 0 bridgehead atoms. The van der Waals surface area contributed by atoms with Crippen LogP contribution in [0.15, 0.2) is 29.4 Å². The van der Waals surface area contributed by atoms with Gasteiger partial charge in [-0.15, -0.1) is 0 Å². The van der Waals surface area contributed by atoms with Crippen molar-refractivity contribution in [2.75, 3.05) is 0 Å². The van der Waals surface area contributed by atoms with E-state index in [4.69, 9.17) is 5.26 Å². The van der Waals surface area contributed by atoms with Crippen molar-refractivity contribution < 1.29 is 0 Å². The van der Waals surface area contributed by atoms with Crippen LogP contribution in [0.3, 0.4) is 0 Å². The van der Waals surface area contributed by atoms with Gasteiger partial charge in [-0.3, -0.25) is 0 Å². The molecule has 0 spiro atoms. The normalized spacial score (nSPS) is 10.2. The van der Waals surface area contributed by atoms with E-state index < -0.39 is 0 Å². The van der Waals surface area contributed by atoms with E-state index in [-0.39, 0.29) is 5.70 Å². The molecule has 0 aromatic heterocycles. The Bertz CT molecular complexity index is 182. The quantitative estimate of drug-likeness (QED) is 0.403. The monoisotopic (exact) mass is 120 g/mol. The molecule has 0 radical (unpaired) electrons. The topological polar surface area (TPSA) is 36.1 Å². The van der Waals surface area contributed by atoms with Gasteiger partial charge in [0.05, 0.1) is 0 Å². The molecule has 9 heavy (non-hydrogen) atoms. The standard InChI is InChI=1S/C7H8N2/c1-3-4-5-9-7(2)6-8/h3-5H,2H2,1H3/b4-3-,9-5?. The van der Waals surface area contributed by atoms with Crippen LogP contribution < -0.4 is 0 Å². The van der Waals surface area contributed by atoms with E-state index in [1.807, 2.05) is 13.0 Å². The molecule has 0 rings (SSSR count). The highest BCUT2D eigenvalue weighted by molar-refractivity contribution is 5.72. The lowest BCUT2D eigenvalue weighted by Crippen LogP contribution is -1.67. The third-order valence-corrected chi connectivity index (χ3v) is 0.638. The van der Waals surface area contributed by atoms with Crippen molar-refractivity contribution in [2.45, 2.75) is 6.92 Å². The molecule has 2 heteroatoms. The summed E-state index contributed by atoms with van der Waals surface area (Å²) in [5, 5.41) is 8.15. The molecule has 0 atom stereocenters. The van der Waals surface area contributed by atoms with Gasteiger partial charge < -0.3 is 0 Å². The molecular weight excluding hydrogens is 112 g/mol. The highest BCUT2D eigenvalue weighted by Crippen LogP contribution is 1.84. The van der Waals surface area contributed by atoms with Crippen LogP contribution in [0.25, 0.3) is 0 Å². The first-order valence-electron chi connectivity index (χ1n) is 2.55. The maximum Gasteiger partial charge on any atom is 0.133 e. The first-order chi connectivity index (χ1) is 4.31. The van der Waals surface area contributed by atoms with E-state index >= 15 is 0 Å². The number of nitriles is 1. The zero-order chi connectivity index (χ0) is 7.11. The summed E-state index contributed by atoms with van der Waals surface area (Å²) in [7, 11) is 0. The van der Waals surface area contributed by atoms with Crippen LogP contribution in [0.4, 0.5) is 0 Å². The van der Waals surface area contributed by atoms with Crippen molar-refractivity contribution in [1.29, 1.82) is 5.26 Å². The lowest BCUT2D eigenvalue weighted by atomic mass is 10.5. The fourth-order valence-electron chi connectivity index (χ4n) is 0.248. The summed E-state index contributed by atoms with van der Waals surface area (Å²) >= 11 is 0. The maximum atomic E-state index is 8.15. The van der Waals surface area contributed by atoms with Gasteiger partial charge in [0.15, 0.2) is 0 Å². The van der Waals surface area contributed by atoms with Crippen LogP contribution in [0.1, 0.15) is 6.92 Å². The van der Waals surface area contributed by atoms with Gasteiger partial charge in [0.2, 0.25) is 0 Å². The third kappa shape index (κ3) is 4.49. The average molecular weight is 120 g/mol. The van der Waals surface area contributed by atoms with Crippen LogP contribution in [0, 0.1) is 11.3 Å². The molecule has 0 aromatic carbocycles. The molecule has 0 saturated heterocycles. The summed E-state index contributed by atoms with van der Waals surface area (Å²) in [4.78, 5) is 3.66. The second-order valence-electron chi connectivity index (χ2n) is 1.36. The molecule has 0 fully saturated rings. The summed E-state index contributed by atoms with van der Waals surface area (Å²) in [6.45, 7) is 5.23. The minimum absolute atomic E-state index is 0.230. The van der Waals surface area contributed by atoms with Gasteiger partial charge in [-0.05, 0) is 13.0 Å². The third-order valence-electron chi connectivity index (χ3n) is 0.638. The number of aliphatic imine (C=N–C) groups is 1. The van der Waals surface area contributed by atoms with E-state index in [9.17, 15) is 0 Å². The Morgan fingerprint density at radius 3 is 2.89 bits per heavy atom. The lowest BCUT2D eigenvalue weighted by Gasteiger charge is -1.76.